The molecule has 0 radical (unpaired) electrons. The number of aromatic nitrogens is 2. The fraction of sp³-hybridized carbons (Fsp3) is 0.615. The average Bonchev–Trinajstić information content (AvgIpc) is 2.39. The molecule has 1 fully saturated rings. The van der Waals surface area contributed by atoms with E-state index < -0.39 is 0 Å². The number of amides is 1. The Bertz CT molecular complexity index is 413. The number of anilines is 1. The molecule has 1 saturated heterocycles. The van der Waals surface area contributed by atoms with Gasteiger partial charge in [0.1, 0.15) is 12.1 Å². The Morgan fingerprint density at radius 1 is 1.28 bits per heavy atom. The van der Waals surface area contributed by atoms with Gasteiger partial charge in [-0.25, -0.2) is 9.97 Å². The molecule has 0 aliphatic carbocycles. The Kier molecular flexibility index (Phi) is 4.12. The number of hydrogen-bond donors (Lipinski definition) is 0. The van der Waals surface area contributed by atoms with Crippen LogP contribution in [0.4, 0.5) is 5.82 Å². The Morgan fingerprint density at radius 3 is 2.61 bits per heavy atom. The molecule has 98 valence electrons. The summed E-state index contributed by atoms with van der Waals surface area (Å²) in [4.78, 5) is 24.3. The van der Waals surface area contributed by atoms with Crippen molar-refractivity contribution >= 4 is 11.7 Å². The van der Waals surface area contributed by atoms with Crippen LogP contribution in [0.3, 0.4) is 0 Å². The van der Waals surface area contributed by atoms with Crippen molar-refractivity contribution in [1.82, 2.24) is 14.9 Å². The lowest BCUT2D eigenvalue weighted by atomic mass is 10.2. The van der Waals surface area contributed by atoms with Crippen LogP contribution >= 0.6 is 0 Å². The molecule has 0 saturated carbocycles. The van der Waals surface area contributed by atoms with Crippen molar-refractivity contribution in [1.29, 1.82) is 0 Å². The highest BCUT2D eigenvalue weighted by molar-refractivity contribution is 5.76. The first kappa shape index (κ1) is 12.8. The monoisotopic (exact) mass is 248 g/mol. The summed E-state index contributed by atoms with van der Waals surface area (Å²) >= 11 is 0. The molecule has 5 nitrogen and oxygen atoms in total. The number of carbonyl (C=O) groups is 1. The number of nitrogens with zero attached hydrogens (tertiary/aromatic N) is 4. The van der Waals surface area contributed by atoms with E-state index in [9.17, 15) is 4.79 Å². The van der Waals surface area contributed by atoms with Gasteiger partial charge in [0.05, 0.1) is 0 Å². The lowest BCUT2D eigenvalue weighted by Gasteiger charge is -2.35. The van der Waals surface area contributed by atoms with Crippen LogP contribution in [0, 0.1) is 6.92 Å². The molecule has 5 heteroatoms. The molecule has 1 aromatic heterocycles. The maximum absolute atomic E-state index is 11.8. The number of piperazine rings is 1. The zero-order valence-electron chi connectivity index (χ0n) is 11.1. The third kappa shape index (κ3) is 2.97. The van der Waals surface area contributed by atoms with Crippen molar-refractivity contribution < 1.29 is 4.79 Å². The highest BCUT2D eigenvalue weighted by atomic mass is 16.2. The summed E-state index contributed by atoms with van der Waals surface area (Å²) in [5, 5.41) is 0. The predicted octanol–water partition coefficient (Wildman–Crippen LogP) is 1.23. The molecule has 2 rings (SSSR count). The van der Waals surface area contributed by atoms with E-state index in [1.807, 2.05) is 24.8 Å². The maximum atomic E-state index is 11.8. The van der Waals surface area contributed by atoms with Gasteiger partial charge in [0.15, 0.2) is 0 Å². The lowest BCUT2D eigenvalue weighted by Crippen LogP contribution is -2.49. The summed E-state index contributed by atoms with van der Waals surface area (Å²) in [7, 11) is 0. The van der Waals surface area contributed by atoms with Gasteiger partial charge in [-0.1, -0.05) is 6.92 Å². The second-order valence-electron chi connectivity index (χ2n) is 4.64. The van der Waals surface area contributed by atoms with Crippen molar-refractivity contribution in [2.75, 3.05) is 31.1 Å². The van der Waals surface area contributed by atoms with Gasteiger partial charge in [0, 0.05) is 44.4 Å². The van der Waals surface area contributed by atoms with Crippen LogP contribution in [0.25, 0.3) is 0 Å². The molecular formula is C13H20N4O. The third-order valence-corrected chi connectivity index (χ3v) is 3.21. The van der Waals surface area contributed by atoms with E-state index in [2.05, 4.69) is 14.9 Å². The molecule has 0 bridgehead atoms. The SMILES string of the molecule is CCCC(=O)N1CCN(c2cc(C)ncn2)CC1. The van der Waals surface area contributed by atoms with E-state index in [1.165, 1.54) is 0 Å². The van der Waals surface area contributed by atoms with Crippen LogP contribution < -0.4 is 4.90 Å². The van der Waals surface area contributed by atoms with Gasteiger partial charge in [0.2, 0.25) is 5.91 Å². The smallest absolute Gasteiger partial charge is 0.222 e. The molecule has 1 aromatic rings. The first-order chi connectivity index (χ1) is 8.70. The average molecular weight is 248 g/mol. The van der Waals surface area contributed by atoms with Gasteiger partial charge < -0.3 is 9.80 Å². The molecule has 0 aromatic carbocycles. The molecule has 18 heavy (non-hydrogen) atoms. The van der Waals surface area contributed by atoms with E-state index in [4.69, 9.17) is 0 Å². The van der Waals surface area contributed by atoms with Crippen molar-refractivity contribution in [2.45, 2.75) is 26.7 Å². The van der Waals surface area contributed by atoms with Crippen LogP contribution in [-0.4, -0.2) is 47.0 Å². The molecule has 1 aliphatic heterocycles. The molecule has 0 spiro atoms. The van der Waals surface area contributed by atoms with Gasteiger partial charge in [0.25, 0.3) is 0 Å². The zero-order valence-corrected chi connectivity index (χ0v) is 11.1. The molecular weight excluding hydrogens is 228 g/mol. The standard InChI is InChI=1S/C13H20N4O/c1-3-4-13(18)17-7-5-16(6-8-17)12-9-11(2)14-10-15-12/h9-10H,3-8H2,1-2H3. The molecule has 1 aliphatic rings. The van der Waals surface area contributed by atoms with Crippen LogP contribution in [0.2, 0.25) is 0 Å². The van der Waals surface area contributed by atoms with Gasteiger partial charge in [-0.3, -0.25) is 4.79 Å². The third-order valence-electron chi connectivity index (χ3n) is 3.21. The van der Waals surface area contributed by atoms with E-state index in [0.29, 0.717) is 6.42 Å². The number of rotatable bonds is 3. The predicted molar refractivity (Wildman–Crippen MR) is 70.5 cm³/mol. The second kappa shape index (κ2) is 5.80. The summed E-state index contributed by atoms with van der Waals surface area (Å²) < 4.78 is 0. The van der Waals surface area contributed by atoms with Crippen LogP contribution in [0.15, 0.2) is 12.4 Å². The summed E-state index contributed by atoms with van der Waals surface area (Å²) in [5.74, 6) is 1.24. The largest absolute Gasteiger partial charge is 0.353 e. The van der Waals surface area contributed by atoms with Crippen molar-refractivity contribution in [3.05, 3.63) is 18.1 Å². The maximum Gasteiger partial charge on any atom is 0.222 e. The minimum Gasteiger partial charge on any atom is -0.353 e. The summed E-state index contributed by atoms with van der Waals surface area (Å²) in [6, 6.07) is 1.99. The zero-order chi connectivity index (χ0) is 13.0. The lowest BCUT2D eigenvalue weighted by molar-refractivity contribution is -0.131. The Labute approximate surface area is 108 Å². The molecule has 1 amide bonds. The Hall–Kier alpha value is -1.65. The molecule has 0 unspecified atom stereocenters. The van der Waals surface area contributed by atoms with Crippen LogP contribution in [0.5, 0.6) is 0 Å². The highest BCUT2D eigenvalue weighted by Gasteiger charge is 2.21. The first-order valence-electron chi connectivity index (χ1n) is 6.52. The fourth-order valence-corrected chi connectivity index (χ4v) is 2.17. The normalized spacial score (nSPS) is 15.9. The molecule has 2 heterocycles. The number of hydrogen-bond acceptors (Lipinski definition) is 4. The Balaban J connectivity index is 1.92. The van der Waals surface area contributed by atoms with Gasteiger partial charge in [-0.15, -0.1) is 0 Å². The topological polar surface area (TPSA) is 49.3 Å². The van der Waals surface area contributed by atoms with E-state index >= 15 is 0 Å². The highest BCUT2D eigenvalue weighted by Crippen LogP contribution is 2.14. The quantitative estimate of drug-likeness (QED) is 0.807. The number of aryl methyl sites for hydroxylation is 1. The summed E-state index contributed by atoms with van der Waals surface area (Å²) in [6.07, 6.45) is 3.18. The minimum atomic E-state index is 0.274. The van der Waals surface area contributed by atoms with Crippen LogP contribution in [-0.2, 0) is 4.79 Å². The van der Waals surface area contributed by atoms with E-state index in [-0.39, 0.29) is 5.91 Å². The van der Waals surface area contributed by atoms with Crippen molar-refractivity contribution in [3.63, 3.8) is 0 Å². The first-order valence-corrected chi connectivity index (χ1v) is 6.52. The summed E-state index contributed by atoms with van der Waals surface area (Å²) in [6.45, 7) is 7.30. The van der Waals surface area contributed by atoms with Gasteiger partial charge in [-0.2, -0.15) is 0 Å². The fourth-order valence-electron chi connectivity index (χ4n) is 2.17. The minimum absolute atomic E-state index is 0.274. The van der Waals surface area contributed by atoms with Gasteiger partial charge in [-0.05, 0) is 13.3 Å². The molecule has 0 N–H and O–H groups in total. The van der Waals surface area contributed by atoms with E-state index in [1.54, 1.807) is 6.33 Å². The van der Waals surface area contributed by atoms with Crippen LogP contribution in [0.1, 0.15) is 25.5 Å². The second-order valence-corrected chi connectivity index (χ2v) is 4.64. The number of carbonyl (C=O) groups excluding carboxylic acids is 1. The van der Waals surface area contributed by atoms with Gasteiger partial charge >= 0.3 is 0 Å². The van der Waals surface area contributed by atoms with Crippen molar-refractivity contribution in [2.24, 2.45) is 0 Å². The molecule has 0 atom stereocenters. The summed E-state index contributed by atoms with van der Waals surface area (Å²) in [5.41, 5.74) is 0.976. The van der Waals surface area contributed by atoms with Crippen molar-refractivity contribution in [3.8, 4) is 0 Å². The van der Waals surface area contributed by atoms with E-state index in [0.717, 1.165) is 44.1 Å². The Morgan fingerprint density at radius 2 is 2.00 bits per heavy atom.